The van der Waals surface area contributed by atoms with Crippen molar-refractivity contribution in [1.82, 2.24) is 10.3 Å². The van der Waals surface area contributed by atoms with E-state index in [1.807, 2.05) is 24.3 Å². The third-order valence-corrected chi connectivity index (χ3v) is 3.32. The molecule has 0 unspecified atom stereocenters. The summed E-state index contributed by atoms with van der Waals surface area (Å²) in [7, 11) is 1.59. The summed E-state index contributed by atoms with van der Waals surface area (Å²) in [5.41, 5.74) is 2.76. The molecule has 0 atom stereocenters. The molecule has 0 aliphatic carbocycles. The topological polar surface area (TPSA) is 44.9 Å². The Balaban J connectivity index is 2.04. The maximum absolute atomic E-state index is 13.9. The molecule has 100 valence electrons. The number of hydrogen-bond donors (Lipinski definition) is 2. The fraction of sp³-hybridized carbons (Fsp3) is 0.0625. The van der Waals surface area contributed by atoms with Crippen molar-refractivity contribution >= 4 is 16.8 Å². The molecule has 3 rings (SSSR count). The van der Waals surface area contributed by atoms with Gasteiger partial charge < -0.3 is 10.3 Å². The first-order valence-corrected chi connectivity index (χ1v) is 6.28. The number of hydrogen-bond acceptors (Lipinski definition) is 1. The van der Waals surface area contributed by atoms with Crippen LogP contribution in [0.25, 0.3) is 22.0 Å². The maximum atomic E-state index is 13.9. The van der Waals surface area contributed by atoms with Gasteiger partial charge in [0.05, 0.1) is 5.52 Å². The zero-order valence-electron chi connectivity index (χ0n) is 10.9. The minimum atomic E-state index is -0.280. The van der Waals surface area contributed by atoms with Crippen LogP contribution in [0.3, 0.4) is 0 Å². The van der Waals surface area contributed by atoms with Crippen molar-refractivity contribution in [3.05, 3.63) is 60.0 Å². The summed E-state index contributed by atoms with van der Waals surface area (Å²) >= 11 is 0. The van der Waals surface area contributed by atoms with E-state index < -0.39 is 0 Å². The molecule has 0 saturated heterocycles. The third-order valence-electron chi connectivity index (χ3n) is 3.32. The molecule has 1 amide bonds. The SMILES string of the molecule is CNC(=O)c1ccc(-c2cc(F)c3[nH]ccc3c2)cc1. The standard InChI is InChI=1S/C16H13FN2O/c1-18-16(20)11-4-2-10(3-5-11)13-8-12-6-7-19-15(12)14(17)9-13/h2-9,19H,1H3,(H,18,20). The van der Waals surface area contributed by atoms with Crippen molar-refractivity contribution in [3.8, 4) is 11.1 Å². The lowest BCUT2D eigenvalue weighted by atomic mass is 10.0. The zero-order valence-corrected chi connectivity index (χ0v) is 10.9. The van der Waals surface area contributed by atoms with Crippen molar-refractivity contribution in [2.24, 2.45) is 0 Å². The summed E-state index contributed by atoms with van der Waals surface area (Å²) in [5, 5.41) is 3.40. The van der Waals surface area contributed by atoms with Gasteiger partial charge in [-0.05, 0) is 41.5 Å². The Labute approximate surface area is 115 Å². The van der Waals surface area contributed by atoms with Gasteiger partial charge in [0.15, 0.2) is 0 Å². The van der Waals surface area contributed by atoms with Crippen LogP contribution >= 0.6 is 0 Å². The number of carbonyl (C=O) groups is 1. The Kier molecular flexibility index (Phi) is 2.99. The minimum absolute atomic E-state index is 0.135. The molecular formula is C16H13FN2O. The number of amides is 1. The van der Waals surface area contributed by atoms with Gasteiger partial charge in [-0.25, -0.2) is 4.39 Å². The van der Waals surface area contributed by atoms with E-state index in [4.69, 9.17) is 0 Å². The fourth-order valence-corrected chi connectivity index (χ4v) is 2.25. The Morgan fingerprint density at radius 1 is 1.10 bits per heavy atom. The molecule has 1 aromatic heterocycles. The van der Waals surface area contributed by atoms with Gasteiger partial charge in [0.1, 0.15) is 5.82 Å². The predicted octanol–water partition coefficient (Wildman–Crippen LogP) is 3.33. The van der Waals surface area contributed by atoms with Crippen LogP contribution in [0.5, 0.6) is 0 Å². The van der Waals surface area contributed by atoms with Gasteiger partial charge in [0.2, 0.25) is 0 Å². The number of nitrogens with one attached hydrogen (secondary N) is 2. The summed E-state index contributed by atoms with van der Waals surface area (Å²) in [6, 6.07) is 12.3. The summed E-state index contributed by atoms with van der Waals surface area (Å²) in [6.45, 7) is 0. The number of fused-ring (bicyclic) bond motifs is 1. The highest BCUT2D eigenvalue weighted by Crippen LogP contribution is 2.26. The van der Waals surface area contributed by atoms with E-state index in [1.54, 1.807) is 25.4 Å². The van der Waals surface area contributed by atoms with Crippen molar-refractivity contribution in [2.75, 3.05) is 7.05 Å². The molecule has 2 aromatic carbocycles. The van der Waals surface area contributed by atoms with Gasteiger partial charge >= 0.3 is 0 Å². The van der Waals surface area contributed by atoms with Gasteiger partial charge in [-0.3, -0.25) is 4.79 Å². The Bertz CT molecular complexity index is 775. The van der Waals surface area contributed by atoms with Gasteiger partial charge in [-0.15, -0.1) is 0 Å². The van der Waals surface area contributed by atoms with E-state index in [0.29, 0.717) is 11.1 Å². The molecule has 0 radical (unpaired) electrons. The van der Waals surface area contributed by atoms with Crippen LogP contribution in [0.15, 0.2) is 48.7 Å². The van der Waals surface area contributed by atoms with Crippen molar-refractivity contribution in [2.45, 2.75) is 0 Å². The van der Waals surface area contributed by atoms with Gasteiger partial charge in [0.25, 0.3) is 5.91 Å². The summed E-state index contributed by atoms with van der Waals surface area (Å²) in [6.07, 6.45) is 1.71. The largest absolute Gasteiger partial charge is 0.359 e. The van der Waals surface area contributed by atoms with Gasteiger partial charge in [-0.1, -0.05) is 12.1 Å². The van der Waals surface area contributed by atoms with E-state index in [0.717, 1.165) is 16.5 Å². The second kappa shape index (κ2) is 4.81. The van der Waals surface area contributed by atoms with Crippen LogP contribution in [-0.4, -0.2) is 17.9 Å². The number of H-pyrrole nitrogens is 1. The van der Waals surface area contributed by atoms with E-state index in [2.05, 4.69) is 10.3 Å². The second-order valence-corrected chi connectivity index (χ2v) is 4.56. The molecule has 0 bridgehead atoms. The van der Waals surface area contributed by atoms with E-state index in [1.165, 1.54) is 6.07 Å². The van der Waals surface area contributed by atoms with Crippen LogP contribution in [0.4, 0.5) is 4.39 Å². The zero-order chi connectivity index (χ0) is 14.1. The molecular weight excluding hydrogens is 255 g/mol. The second-order valence-electron chi connectivity index (χ2n) is 4.56. The minimum Gasteiger partial charge on any atom is -0.359 e. The number of carbonyl (C=O) groups excluding carboxylic acids is 1. The number of aromatic nitrogens is 1. The summed E-state index contributed by atoms with van der Waals surface area (Å²) in [5.74, 6) is -0.415. The van der Waals surface area contributed by atoms with Crippen LogP contribution < -0.4 is 5.32 Å². The summed E-state index contributed by atoms with van der Waals surface area (Å²) < 4.78 is 13.9. The first-order chi connectivity index (χ1) is 9.69. The van der Waals surface area contributed by atoms with E-state index in [-0.39, 0.29) is 11.7 Å². The van der Waals surface area contributed by atoms with Crippen molar-refractivity contribution < 1.29 is 9.18 Å². The normalized spacial score (nSPS) is 10.7. The van der Waals surface area contributed by atoms with Crippen LogP contribution in [0.1, 0.15) is 10.4 Å². The highest BCUT2D eigenvalue weighted by Gasteiger charge is 2.08. The van der Waals surface area contributed by atoms with Crippen LogP contribution in [0, 0.1) is 5.82 Å². The van der Waals surface area contributed by atoms with Crippen molar-refractivity contribution in [3.63, 3.8) is 0 Å². The summed E-state index contributed by atoms with van der Waals surface area (Å²) in [4.78, 5) is 14.4. The monoisotopic (exact) mass is 268 g/mol. The molecule has 0 aliphatic rings. The molecule has 0 spiro atoms. The molecule has 0 saturated carbocycles. The van der Waals surface area contributed by atoms with Crippen molar-refractivity contribution in [1.29, 1.82) is 0 Å². The van der Waals surface area contributed by atoms with Gasteiger partial charge in [0, 0.05) is 24.2 Å². The average molecular weight is 268 g/mol. The highest BCUT2D eigenvalue weighted by molar-refractivity contribution is 5.94. The maximum Gasteiger partial charge on any atom is 0.251 e. The molecule has 0 fully saturated rings. The molecule has 0 aliphatic heterocycles. The number of rotatable bonds is 2. The lowest BCUT2D eigenvalue weighted by Crippen LogP contribution is -2.17. The van der Waals surface area contributed by atoms with E-state index in [9.17, 15) is 9.18 Å². The third kappa shape index (κ3) is 2.05. The molecule has 3 aromatic rings. The number of benzene rings is 2. The Hall–Kier alpha value is -2.62. The number of halogens is 1. The lowest BCUT2D eigenvalue weighted by molar-refractivity contribution is 0.0963. The van der Waals surface area contributed by atoms with E-state index >= 15 is 0 Å². The number of aromatic amines is 1. The first kappa shape index (κ1) is 12.4. The molecule has 20 heavy (non-hydrogen) atoms. The average Bonchev–Trinajstić information content (AvgIpc) is 2.95. The smallest absolute Gasteiger partial charge is 0.251 e. The Morgan fingerprint density at radius 2 is 1.85 bits per heavy atom. The Morgan fingerprint density at radius 3 is 2.55 bits per heavy atom. The van der Waals surface area contributed by atoms with Gasteiger partial charge in [-0.2, -0.15) is 0 Å². The molecule has 3 nitrogen and oxygen atoms in total. The fourth-order valence-electron chi connectivity index (χ4n) is 2.25. The highest BCUT2D eigenvalue weighted by atomic mass is 19.1. The predicted molar refractivity (Wildman–Crippen MR) is 77.1 cm³/mol. The molecule has 2 N–H and O–H groups in total. The lowest BCUT2D eigenvalue weighted by Gasteiger charge is -2.05. The van der Waals surface area contributed by atoms with Crippen LogP contribution in [-0.2, 0) is 0 Å². The first-order valence-electron chi connectivity index (χ1n) is 6.28. The molecule has 4 heteroatoms. The quantitative estimate of drug-likeness (QED) is 0.735. The molecule has 1 heterocycles. The van der Waals surface area contributed by atoms with Crippen LogP contribution in [0.2, 0.25) is 0 Å².